The van der Waals surface area contributed by atoms with Gasteiger partial charge in [0, 0.05) is 6.54 Å². The highest BCUT2D eigenvalue weighted by molar-refractivity contribution is 5.25. The molecule has 0 radical (unpaired) electrons. The Morgan fingerprint density at radius 3 is 2.75 bits per heavy atom. The summed E-state index contributed by atoms with van der Waals surface area (Å²) in [6.07, 6.45) is 12.1. The maximum Gasteiger partial charge on any atom is 0.00217 e. The highest BCUT2D eigenvalue weighted by atomic mass is 15.1. The largest absolute Gasteiger partial charge is 0.303 e. The topological polar surface area (TPSA) is 3.24 Å². The lowest BCUT2D eigenvalue weighted by atomic mass is 10.2. The average Bonchev–Trinajstić information content (AvgIpc) is 2.74. The molecule has 1 saturated heterocycles. The Bertz CT molecular complexity index is 197. The summed E-state index contributed by atoms with van der Waals surface area (Å²) < 4.78 is 0. The van der Waals surface area contributed by atoms with Gasteiger partial charge in [-0.2, -0.15) is 0 Å². The van der Waals surface area contributed by atoms with Crippen LogP contribution in [0.25, 0.3) is 0 Å². The zero-order valence-electron chi connectivity index (χ0n) is 7.63. The molecule has 2 rings (SSSR count). The van der Waals surface area contributed by atoms with Crippen LogP contribution >= 0.6 is 0 Å². The van der Waals surface area contributed by atoms with Gasteiger partial charge in [0.25, 0.3) is 0 Å². The minimum Gasteiger partial charge on any atom is -0.303 e. The molecule has 1 fully saturated rings. The zero-order valence-corrected chi connectivity index (χ0v) is 7.63. The second kappa shape index (κ2) is 3.90. The third kappa shape index (κ3) is 1.98. The van der Waals surface area contributed by atoms with Gasteiger partial charge in [-0.25, -0.2) is 0 Å². The lowest BCUT2D eigenvalue weighted by molar-refractivity contribution is 0.344. The Morgan fingerprint density at radius 1 is 1.25 bits per heavy atom. The monoisotopic (exact) mass is 163 g/mol. The molecule has 0 aromatic carbocycles. The van der Waals surface area contributed by atoms with Crippen molar-refractivity contribution in [3.05, 3.63) is 23.8 Å². The van der Waals surface area contributed by atoms with Gasteiger partial charge in [-0.1, -0.05) is 23.8 Å². The molecule has 0 aromatic heterocycles. The Kier molecular flexibility index (Phi) is 2.62. The maximum atomic E-state index is 2.58. The highest BCUT2D eigenvalue weighted by Crippen LogP contribution is 2.15. The SMILES string of the molecule is C1=CC(CCN2CCCC2)=CC1. The molecular formula is C11H17N. The number of hydrogen-bond donors (Lipinski definition) is 0. The molecule has 0 saturated carbocycles. The summed E-state index contributed by atoms with van der Waals surface area (Å²) in [5, 5.41) is 0. The number of nitrogens with zero attached hydrogens (tertiary/aromatic N) is 1. The molecule has 0 amide bonds. The van der Waals surface area contributed by atoms with Crippen LogP contribution in [0.2, 0.25) is 0 Å². The fourth-order valence-corrected chi connectivity index (χ4v) is 1.99. The fraction of sp³-hybridized carbons (Fsp3) is 0.636. The molecule has 1 aliphatic carbocycles. The van der Waals surface area contributed by atoms with Gasteiger partial charge < -0.3 is 4.90 Å². The van der Waals surface area contributed by atoms with Crippen molar-refractivity contribution in [1.29, 1.82) is 0 Å². The normalized spacial score (nSPS) is 23.5. The molecule has 12 heavy (non-hydrogen) atoms. The molecule has 0 N–H and O–H groups in total. The van der Waals surface area contributed by atoms with Crippen molar-refractivity contribution in [2.75, 3.05) is 19.6 Å². The predicted octanol–water partition coefficient (Wildman–Crippen LogP) is 2.36. The van der Waals surface area contributed by atoms with E-state index in [-0.39, 0.29) is 0 Å². The highest BCUT2D eigenvalue weighted by Gasteiger charge is 2.11. The van der Waals surface area contributed by atoms with E-state index in [1.54, 1.807) is 5.57 Å². The molecule has 1 nitrogen and oxygen atoms in total. The first-order valence-corrected chi connectivity index (χ1v) is 5.03. The molecule has 1 heterocycles. The van der Waals surface area contributed by atoms with Gasteiger partial charge in [-0.15, -0.1) is 0 Å². The zero-order chi connectivity index (χ0) is 8.23. The van der Waals surface area contributed by atoms with E-state index >= 15 is 0 Å². The van der Waals surface area contributed by atoms with E-state index in [1.807, 2.05) is 0 Å². The minimum absolute atomic E-state index is 1.16. The van der Waals surface area contributed by atoms with E-state index in [9.17, 15) is 0 Å². The Hall–Kier alpha value is -0.560. The second-order valence-corrected chi connectivity index (χ2v) is 3.72. The van der Waals surface area contributed by atoms with E-state index in [4.69, 9.17) is 0 Å². The van der Waals surface area contributed by atoms with Crippen molar-refractivity contribution >= 4 is 0 Å². The molecule has 0 bridgehead atoms. The van der Waals surface area contributed by atoms with Crippen LogP contribution in [0.1, 0.15) is 25.7 Å². The summed E-state index contributed by atoms with van der Waals surface area (Å²) in [5.41, 5.74) is 1.54. The van der Waals surface area contributed by atoms with Gasteiger partial charge in [-0.05, 0) is 38.8 Å². The van der Waals surface area contributed by atoms with Gasteiger partial charge in [-0.3, -0.25) is 0 Å². The van der Waals surface area contributed by atoms with E-state index < -0.39 is 0 Å². The number of hydrogen-bond acceptors (Lipinski definition) is 1. The van der Waals surface area contributed by atoms with Gasteiger partial charge >= 0.3 is 0 Å². The molecule has 2 aliphatic rings. The lowest BCUT2D eigenvalue weighted by Crippen LogP contribution is -2.20. The Morgan fingerprint density at radius 2 is 2.08 bits per heavy atom. The smallest absolute Gasteiger partial charge is 0.00217 e. The van der Waals surface area contributed by atoms with Crippen LogP contribution in [0, 0.1) is 0 Å². The molecule has 66 valence electrons. The molecule has 1 heteroatoms. The van der Waals surface area contributed by atoms with Crippen LogP contribution in [0.5, 0.6) is 0 Å². The van der Waals surface area contributed by atoms with Gasteiger partial charge in [0.1, 0.15) is 0 Å². The Balaban J connectivity index is 1.70. The molecule has 0 aromatic rings. The quantitative estimate of drug-likeness (QED) is 0.617. The average molecular weight is 163 g/mol. The summed E-state index contributed by atoms with van der Waals surface area (Å²) in [4.78, 5) is 2.58. The summed E-state index contributed by atoms with van der Waals surface area (Å²) >= 11 is 0. The first-order valence-electron chi connectivity index (χ1n) is 5.03. The van der Waals surface area contributed by atoms with Crippen molar-refractivity contribution in [3.8, 4) is 0 Å². The van der Waals surface area contributed by atoms with E-state index in [0.29, 0.717) is 0 Å². The first kappa shape index (κ1) is 8.06. The third-order valence-corrected chi connectivity index (χ3v) is 2.76. The summed E-state index contributed by atoms with van der Waals surface area (Å²) in [5.74, 6) is 0. The van der Waals surface area contributed by atoms with Crippen molar-refractivity contribution in [2.24, 2.45) is 0 Å². The fourth-order valence-electron chi connectivity index (χ4n) is 1.99. The first-order chi connectivity index (χ1) is 5.95. The van der Waals surface area contributed by atoms with Crippen molar-refractivity contribution in [1.82, 2.24) is 4.90 Å². The minimum atomic E-state index is 1.16. The van der Waals surface area contributed by atoms with Gasteiger partial charge in [0.2, 0.25) is 0 Å². The van der Waals surface area contributed by atoms with E-state index in [2.05, 4.69) is 23.1 Å². The molecule has 1 aliphatic heterocycles. The molecule has 0 atom stereocenters. The van der Waals surface area contributed by atoms with Crippen molar-refractivity contribution < 1.29 is 0 Å². The van der Waals surface area contributed by atoms with Crippen LogP contribution in [0.3, 0.4) is 0 Å². The van der Waals surface area contributed by atoms with Gasteiger partial charge in [0.15, 0.2) is 0 Å². The lowest BCUT2D eigenvalue weighted by Gasteiger charge is -2.13. The van der Waals surface area contributed by atoms with E-state index in [1.165, 1.54) is 38.9 Å². The number of allylic oxidation sites excluding steroid dienone is 3. The van der Waals surface area contributed by atoms with Crippen LogP contribution in [-0.4, -0.2) is 24.5 Å². The van der Waals surface area contributed by atoms with Crippen LogP contribution in [-0.2, 0) is 0 Å². The predicted molar refractivity (Wildman–Crippen MR) is 52.1 cm³/mol. The summed E-state index contributed by atoms with van der Waals surface area (Å²) in [7, 11) is 0. The number of rotatable bonds is 3. The molecule has 0 unspecified atom stereocenters. The third-order valence-electron chi connectivity index (χ3n) is 2.76. The standard InChI is InChI=1S/C11H17N/c1-2-6-11(5-1)7-10-12-8-3-4-9-12/h1,5-6H,2-4,7-10H2. The molecular weight excluding hydrogens is 146 g/mol. The summed E-state index contributed by atoms with van der Waals surface area (Å²) in [6, 6.07) is 0. The second-order valence-electron chi connectivity index (χ2n) is 3.72. The van der Waals surface area contributed by atoms with Crippen LogP contribution in [0.4, 0.5) is 0 Å². The maximum absolute atomic E-state index is 2.58. The van der Waals surface area contributed by atoms with E-state index in [0.717, 1.165) is 6.42 Å². The van der Waals surface area contributed by atoms with Crippen molar-refractivity contribution in [2.45, 2.75) is 25.7 Å². The van der Waals surface area contributed by atoms with Crippen LogP contribution < -0.4 is 0 Å². The van der Waals surface area contributed by atoms with Crippen LogP contribution in [0.15, 0.2) is 23.8 Å². The molecule has 0 spiro atoms. The van der Waals surface area contributed by atoms with Gasteiger partial charge in [0.05, 0.1) is 0 Å². The summed E-state index contributed by atoms with van der Waals surface area (Å²) in [6.45, 7) is 3.93. The number of likely N-dealkylation sites (tertiary alicyclic amines) is 1. The van der Waals surface area contributed by atoms with Crippen molar-refractivity contribution in [3.63, 3.8) is 0 Å². The Labute approximate surface area is 74.8 Å².